The molecule has 0 atom stereocenters. The van der Waals surface area contributed by atoms with Gasteiger partial charge in [0, 0.05) is 35.3 Å². The van der Waals surface area contributed by atoms with Gasteiger partial charge in [0.15, 0.2) is 5.82 Å². The Hall–Kier alpha value is -2.43. The highest BCUT2D eigenvalue weighted by Crippen LogP contribution is 2.37. The number of ketones is 1. The Bertz CT molecular complexity index is 1060. The molecule has 2 heterocycles. The Labute approximate surface area is 179 Å². The number of nitrogens with two attached hydrogens (primary N) is 1. The SMILES string of the molecule is CCCn1nc2c(N)nc3ccccc3c2c1CC(C)(C)CC(=O)C1CCCCC1. The Morgan fingerprint density at radius 2 is 1.93 bits per heavy atom. The van der Waals surface area contributed by atoms with E-state index in [0.29, 0.717) is 18.0 Å². The molecule has 1 aromatic carbocycles. The number of nitrogen functional groups attached to an aromatic ring is 1. The number of aryl methyl sites for hydroxylation is 1. The number of para-hydroxylation sites is 1. The minimum absolute atomic E-state index is 0.133. The second-order valence-corrected chi connectivity index (χ2v) is 9.73. The van der Waals surface area contributed by atoms with Crippen molar-refractivity contribution in [2.75, 3.05) is 5.73 Å². The van der Waals surface area contributed by atoms with Crippen LogP contribution in [0.4, 0.5) is 5.82 Å². The molecule has 1 saturated carbocycles. The van der Waals surface area contributed by atoms with Crippen molar-refractivity contribution in [1.29, 1.82) is 0 Å². The van der Waals surface area contributed by atoms with E-state index in [4.69, 9.17) is 10.8 Å². The number of pyridine rings is 1. The molecule has 5 nitrogen and oxygen atoms in total. The summed E-state index contributed by atoms with van der Waals surface area (Å²) in [6.07, 6.45) is 8.22. The minimum Gasteiger partial charge on any atom is -0.382 e. The van der Waals surface area contributed by atoms with Crippen molar-refractivity contribution in [2.45, 2.75) is 78.7 Å². The number of aromatic nitrogens is 3. The molecule has 0 spiro atoms. The minimum atomic E-state index is -0.133. The summed E-state index contributed by atoms with van der Waals surface area (Å²) in [6, 6.07) is 8.14. The summed E-state index contributed by atoms with van der Waals surface area (Å²) >= 11 is 0. The van der Waals surface area contributed by atoms with Crippen LogP contribution in [0.25, 0.3) is 21.8 Å². The van der Waals surface area contributed by atoms with Crippen LogP contribution in [0.3, 0.4) is 0 Å². The normalized spacial score (nSPS) is 15.8. The maximum Gasteiger partial charge on any atom is 0.152 e. The van der Waals surface area contributed by atoms with Crippen molar-refractivity contribution in [3.05, 3.63) is 30.0 Å². The molecule has 1 aliphatic rings. The lowest BCUT2D eigenvalue weighted by Crippen LogP contribution is -2.27. The standard InChI is InChI=1S/C25H34N4O/c1-4-14-29-20(15-25(2,3)16-21(30)17-10-6-5-7-11-17)22-18-12-8-9-13-19(18)27-24(26)23(22)28-29/h8-9,12-13,17H,4-7,10-11,14-16H2,1-3H3,(H2,26,27). The second-order valence-electron chi connectivity index (χ2n) is 9.73. The Morgan fingerprint density at radius 3 is 2.67 bits per heavy atom. The maximum atomic E-state index is 13.0. The number of anilines is 1. The molecule has 0 unspecified atom stereocenters. The van der Waals surface area contributed by atoms with Gasteiger partial charge in [0.2, 0.25) is 0 Å². The summed E-state index contributed by atoms with van der Waals surface area (Å²) in [6.45, 7) is 7.43. The average Bonchev–Trinajstić information content (AvgIpc) is 3.07. The molecule has 3 aromatic rings. The maximum absolute atomic E-state index is 13.0. The van der Waals surface area contributed by atoms with E-state index in [2.05, 4.69) is 36.5 Å². The first-order valence-corrected chi connectivity index (χ1v) is 11.5. The van der Waals surface area contributed by atoms with Crippen LogP contribution in [-0.2, 0) is 17.8 Å². The Kier molecular flexibility index (Phi) is 5.81. The molecule has 4 rings (SSSR count). The first-order chi connectivity index (χ1) is 14.4. The molecule has 2 N–H and O–H groups in total. The summed E-state index contributed by atoms with van der Waals surface area (Å²) in [5, 5.41) is 7.04. The van der Waals surface area contributed by atoms with E-state index in [1.54, 1.807) is 0 Å². The van der Waals surface area contributed by atoms with Gasteiger partial charge in [-0.05, 0) is 37.2 Å². The smallest absolute Gasteiger partial charge is 0.152 e. The lowest BCUT2D eigenvalue weighted by atomic mass is 9.76. The van der Waals surface area contributed by atoms with E-state index < -0.39 is 0 Å². The van der Waals surface area contributed by atoms with Gasteiger partial charge < -0.3 is 5.73 Å². The van der Waals surface area contributed by atoms with Crippen LogP contribution in [0.1, 0.15) is 71.4 Å². The summed E-state index contributed by atoms with van der Waals surface area (Å²) in [4.78, 5) is 17.6. The summed E-state index contributed by atoms with van der Waals surface area (Å²) in [5.74, 6) is 1.18. The summed E-state index contributed by atoms with van der Waals surface area (Å²) in [7, 11) is 0. The first-order valence-electron chi connectivity index (χ1n) is 11.5. The molecule has 30 heavy (non-hydrogen) atoms. The molecule has 1 fully saturated rings. The third-order valence-electron chi connectivity index (χ3n) is 6.51. The summed E-state index contributed by atoms with van der Waals surface area (Å²) in [5.41, 5.74) is 9.03. The molecule has 1 aliphatic carbocycles. The predicted molar refractivity (Wildman–Crippen MR) is 123 cm³/mol. The molecular weight excluding hydrogens is 372 g/mol. The van der Waals surface area contributed by atoms with Gasteiger partial charge >= 0.3 is 0 Å². The zero-order valence-electron chi connectivity index (χ0n) is 18.6. The van der Waals surface area contributed by atoms with Gasteiger partial charge in [-0.2, -0.15) is 5.10 Å². The quantitative estimate of drug-likeness (QED) is 0.547. The average molecular weight is 407 g/mol. The number of hydrogen-bond acceptors (Lipinski definition) is 4. The van der Waals surface area contributed by atoms with Crippen LogP contribution in [0, 0.1) is 11.3 Å². The number of fused-ring (bicyclic) bond motifs is 3. The highest BCUT2D eigenvalue weighted by molar-refractivity contribution is 6.09. The molecule has 0 aliphatic heterocycles. The van der Waals surface area contributed by atoms with Crippen LogP contribution >= 0.6 is 0 Å². The molecule has 5 heteroatoms. The van der Waals surface area contributed by atoms with Gasteiger partial charge in [0.25, 0.3) is 0 Å². The van der Waals surface area contributed by atoms with E-state index in [0.717, 1.165) is 54.0 Å². The number of carbonyl (C=O) groups is 1. The molecule has 0 saturated heterocycles. The third kappa shape index (κ3) is 4.07. The lowest BCUT2D eigenvalue weighted by Gasteiger charge is -2.28. The van der Waals surface area contributed by atoms with Gasteiger partial charge in [-0.3, -0.25) is 9.48 Å². The number of benzene rings is 1. The monoisotopic (exact) mass is 406 g/mol. The van der Waals surface area contributed by atoms with Crippen LogP contribution in [0.15, 0.2) is 24.3 Å². The van der Waals surface area contributed by atoms with Crippen molar-refractivity contribution in [1.82, 2.24) is 14.8 Å². The van der Waals surface area contributed by atoms with Crippen molar-refractivity contribution in [3.63, 3.8) is 0 Å². The van der Waals surface area contributed by atoms with Crippen molar-refractivity contribution >= 4 is 33.4 Å². The Morgan fingerprint density at radius 1 is 1.20 bits per heavy atom. The number of carbonyl (C=O) groups excluding carboxylic acids is 1. The van der Waals surface area contributed by atoms with Gasteiger partial charge in [-0.1, -0.05) is 58.2 Å². The van der Waals surface area contributed by atoms with Gasteiger partial charge in [0.1, 0.15) is 11.3 Å². The lowest BCUT2D eigenvalue weighted by molar-refractivity contribution is -0.125. The van der Waals surface area contributed by atoms with Crippen LogP contribution < -0.4 is 5.73 Å². The first kappa shape index (κ1) is 20.8. The second kappa shape index (κ2) is 8.37. The predicted octanol–water partition coefficient (Wildman–Crippen LogP) is 5.68. The highest BCUT2D eigenvalue weighted by atomic mass is 16.1. The molecular formula is C25H34N4O. The fourth-order valence-electron chi connectivity index (χ4n) is 5.06. The van der Waals surface area contributed by atoms with E-state index in [-0.39, 0.29) is 11.3 Å². The number of Topliss-reactive ketones (excluding diaryl/α,β-unsaturated/α-hetero) is 1. The van der Waals surface area contributed by atoms with Crippen molar-refractivity contribution in [2.24, 2.45) is 11.3 Å². The van der Waals surface area contributed by atoms with Crippen molar-refractivity contribution < 1.29 is 4.79 Å². The number of nitrogens with zero attached hydrogens (tertiary/aromatic N) is 3. The van der Waals surface area contributed by atoms with Crippen LogP contribution in [0.5, 0.6) is 0 Å². The van der Waals surface area contributed by atoms with Gasteiger partial charge in [-0.25, -0.2) is 4.98 Å². The summed E-state index contributed by atoms with van der Waals surface area (Å²) < 4.78 is 2.10. The molecule has 0 amide bonds. The van der Waals surface area contributed by atoms with E-state index in [1.807, 2.05) is 18.2 Å². The fraction of sp³-hybridized carbons (Fsp3) is 0.560. The molecule has 0 radical (unpaired) electrons. The van der Waals surface area contributed by atoms with Gasteiger partial charge in [-0.15, -0.1) is 0 Å². The fourth-order valence-corrected chi connectivity index (χ4v) is 5.06. The topological polar surface area (TPSA) is 73.8 Å². The van der Waals surface area contributed by atoms with Crippen LogP contribution in [0.2, 0.25) is 0 Å². The Balaban J connectivity index is 1.73. The van der Waals surface area contributed by atoms with Gasteiger partial charge in [0.05, 0.1) is 5.52 Å². The zero-order chi connectivity index (χ0) is 21.3. The largest absolute Gasteiger partial charge is 0.382 e. The van der Waals surface area contributed by atoms with E-state index in [1.165, 1.54) is 25.0 Å². The number of rotatable bonds is 7. The highest BCUT2D eigenvalue weighted by Gasteiger charge is 2.30. The molecule has 160 valence electrons. The molecule has 2 aromatic heterocycles. The van der Waals surface area contributed by atoms with Crippen molar-refractivity contribution in [3.8, 4) is 0 Å². The van der Waals surface area contributed by atoms with E-state index >= 15 is 0 Å². The van der Waals surface area contributed by atoms with E-state index in [9.17, 15) is 4.79 Å². The third-order valence-corrected chi connectivity index (χ3v) is 6.51. The number of hydrogen-bond donors (Lipinski definition) is 1. The van der Waals surface area contributed by atoms with Crippen LogP contribution in [-0.4, -0.2) is 20.5 Å². The zero-order valence-corrected chi connectivity index (χ0v) is 18.6. The molecule has 0 bridgehead atoms.